The van der Waals surface area contributed by atoms with Crippen LogP contribution in [0.2, 0.25) is 0 Å². The van der Waals surface area contributed by atoms with Gasteiger partial charge in [-0.15, -0.1) is 0 Å². The Labute approximate surface area is 102 Å². The molecule has 0 heterocycles. The van der Waals surface area contributed by atoms with Gasteiger partial charge in [0.1, 0.15) is 0 Å². The lowest BCUT2D eigenvalue weighted by Crippen LogP contribution is -2.57. The van der Waals surface area contributed by atoms with Gasteiger partial charge in [0.15, 0.2) is 11.6 Å². The van der Waals surface area contributed by atoms with Crippen molar-refractivity contribution in [1.29, 1.82) is 0 Å². The van der Waals surface area contributed by atoms with E-state index >= 15 is 0 Å². The summed E-state index contributed by atoms with van der Waals surface area (Å²) in [5, 5.41) is 8.07. The Kier molecular flexibility index (Phi) is 7.46. The number of likely N-dealkylation sites (N-methyl/N-ethyl adjacent to an activating group) is 2. The Bertz CT molecular complexity index is 193. The van der Waals surface area contributed by atoms with Crippen LogP contribution in [0.15, 0.2) is 0 Å². The van der Waals surface area contributed by atoms with Gasteiger partial charge in [-0.1, -0.05) is 13.8 Å². The highest BCUT2D eigenvalue weighted by molar-refractivity contribution is 7.80. The summed E-state index contributed by atoms with van der Waals surface area (Å²) in [7, 11) is 0. The van der Waals surface area contributed by atoms with Crippen LogP contribution < -0.4 is 16.0 Å². The van der Waals surface area contributed by atoms with Crippen LogP contribution in [0.4, 0.5) is 8.78 Å². The summed E-state index contributed by atoms with van der Waals surface area (Å²) >= 11 is 3.94. The third-order valence-corrected chi connectivity index (χ3v) is 2.69. The maximum atomic E-state index is 14.0. The zero-order valence-electron chi connectivity index (χ0n) is 10.2. The summed E-state index contributed by atoms with van der Waals surface area (Å²) in [5.74, 6) is -3.29. The Morgan fingerprint density at radius 1 is 1.06 bits per heavy atom. The van der Waals surface area contributed by atoms with Gasteiger partial charge in [-0.25, -0.2) is 8.78 Å². The molecule has 0 rings (SSSR count). The summed E-state index contributed by atoms with van der Waals surface area (Å²) in [5.41, 5.74) is 0. The smallest absolute Gasteiger partial charge is 0.183 e. The number of hydrogen-bond donors (Lipinski definition) is 4. The molecule has 0 amide bonds. The van der Waals surface area contributed by atoms with Crippen molar-refractivity contribution < 1.29 is 8.78 Å². The molecule has 0 aliphatic rings. The largest absolute Gasteiger partial charge is 0.313 e. The predicted molar refractivity (Wildman–Crippen MR) is 67.4 cm³/mol. The minimum atomic E-state index is -1.68. The zero-order chi connectivity index (χ0) is 12.7. The first-order valence-electron chi connectivity index (χ1n) is 5.58. The third-order valence-electron chi connectivity index (χ3n) is 2.19. The van der Waals surface area contributed by atoms with Crippen molar-refractivity contribution >= 4 is 12.6 Å². The van der Waals surface area contributed by atoms with E-state index in [1.165, 1.54) is 6.92 Å². The summed E-state index contributed by atoms with van der Waals surface area (Å²) in [6, 6.07) is 0. The highest BCUT2D eigenvalue weighted by Crippen LogP contribution is 2.11. The molecule has 0 aromatic carbocycles. The van der Waals surface area contributed by atoms with Crippen LogP contribution in [0.25, 0.3) is 0 Å². The van der Waals surface area contributed by atoms with Crippen molar-refractivity contribution in [3.05, 3.63) is 0 Å². The lowest BCUT2D eigenvalue weighted by Gasteiger charge is -2.29. The molecule has 16 heavy (non-hydrogen) atoms. The molecule has 0 saturated carbocycles. The molecule has 0 saturated heterocycles. The molecule has 0 spiro atoms. The van der Waals surface area contributed by atoms with Crippen molar-refractivity contribution in [3.63, 3.8) is 0 Å². The highest BCUT2D eigenvalue weighted by Gasteiger charge is 2.31. The molecule has 0 aliphatic heterocycles. The summed E-state index contributed by atoms with van der Waals surface area (Å²) < 4.78 is 27.7. The Hall–Kier alpha value is 0.0900. The van der Waals surface area contributed by atoms with E-state index < -0.39 is 11.6 Å². The molecule has 3 N–H and O–H groups in total. The minimum Gasteiger partial charge on any atom is -0.313 e. The second-order valence-electron chi connectivity index (χ2n) is 3.99. The fourth-order valence-electron chi connectivity index (χ4n) is 1.25. The molecule has 1 unspecified atom stereocenters. The normalized spacial score (nSPS) is 19.1. The molecule has 6 heteroatoms. The van der Waals surface area contributed by atoms with Gasteiger partial charge in [-0.2, -0.15) is 12.6 Å². The van der Waals surface area contributed by atoms with Crippen LogP contribution in [0.1, 0.15) is 20.8 Å². The Morgan fingerprint density at radius 2 is 1.69 bits per heavy atom. The zero-order valence-corrected chi connectivity index (χ0v) is 11.1. The van der Waals surface area contributed by atoms with E-state index in [0.29, 0.717) is 13.1 Å². The molecule has 0 aliphatic carbocycles. The Balaban J connectivity index is 4.11. The number of thiol groups is 1. The van der Waals surface area contributed by atoms with Gasteiger partial charge in [-0.3, -0.25) is 10.6 Å². The second-order valence-corrected chi connectivity index (χ2v) is 4.30. The van der Waals surface area contributed by atoms with Crippen molar-refractivity contribution in [1.82, 2.24) is 16.0 Å². The van der Waals surface area contributed by atoms with Crippen LogP contribution in [-0.4, -0.2) is 43.5 Å². The molecular weight excluding hydrogens is 232 g/mol. The van der Waals surface area contributed by atoms with Crippen molar-refractivity contribution in [2.45, 2.75) is 32.4 Å². The molecule has 2 atom stereocenters. The predicted octanol–water partition coefficient (Wildman–Crippen LogP) is 1.08. The van der Waals surface area contributed by atoms with E-state index in [1.807, 2.05) is 6.92 Å². The summed E-state index contributed by atoms with van der Waals surface area (Å²) in [4.78, 5) is 0. The topological polar surface area (TPSA) is 36.1 Å². The van der Waals surface area contributed by atoms with E-state index in [1.54, 1.807) is 6.92 Å². The van der Waals surface area contributed by atoms with E-state index in [4.69, 9.17) is 0 Å². The van der Waals surface area contributed by atoms with E-state index in [9.17, 15) is 8.78 Å². The fourth-order valence-corrected chi connectivity index (χ4v) is 1.48. The fraction of sp³-hybridized carbons (Fsp3) is 1.00. The van der Waals surface area contributed by atoms with Crippen LogP contribution in [0, 0.1) is 0 Å². The van der Waals surface area contributed by atoms with E-state index in [2.05, 4.69) is 28.6 Å². The lowest BCUT2D eigenvalue weighted by atomic mass is 10.2. The van der Waals surface area contributed by atoms with Crippen molar-refractivity contribution in [2.24, 2.45) is 0 Å². The number of hydrogen-bond acceptors (Lipinski definition) is 4. The van der Waals surface area contributed by atoms with E-state index in [0.717, 1.165) is 0 Å². The lowest BCUT2D eigenvalue weighted by molar-refractivity contribution is 0.0790. The molecule has 3 nitrogen and oxygen atoms in total. The van der Waals surface area contributed by atoms with Gasteiger partial charge in [0, 0.05) is 18.8 Å². The number of alkyl halides is 2. The van der Waals surface area contributed by atoms with Gasteiger partial charge < -0.3 is 5.32 Å². The van der Waals surface area contributed by atoms with Crippen LogP contribution in [0.5, 0.6) is 0 Å². The average Bonchev–Trinajstić information content (AvgIpc) is 2.24. The standard InChI is InChI=1S/C10H23F2N3S/c1-4-13-7-10(12,8-16)15-6-9(3,11)14-5-2/h13-16H,4-8H2,1-3H3/t9-,10?/m1/s1. The number of nitrogens with one attached hydrogen (secondary N) is 3. The van der Waals surface area contributed by atoms with Crippen molar-refractivity contribution in [2.75, 3.05) is 31.9 Å². The average molecular weight is 255 g/mol. The van der Waals surface area contributed by atoms with Crippen molar-refractivity contribution in [3.8, 4) is 0 Å². The summed E-state index contributed by atoms with van der Waals surface area (Å²) in [6.07, 6.45) is 0. The first-order valence-corrected chi connectivity index (χ1v) is 6.22. The van der Waals surface area contributed by atoms with Gasteiger partial charge in [0.25, 0.3) is 0 Å². The van der Waals surface area contributed by atoms with Crippen LogP contribution in [-0.2, 0) is 0 Å². The molecule has 98 valence electrons. The van der Waals surface area contributed by atoms with E-state index in [-0.39, 0.29) is 18.8 Å². The van der Waals surface area contributed by atoms with Gasteiger partial charge in [0.2, 0.25) is 0 Å². The quantitative estimate of drug-likeness (QED) is 0.368. The number of halogens is 2. The molecule has 0 radical (unpaired) electrons. The summed E-state index contributed by atoms with van der Waals surface area (Å²) in [6.45, 7) is 6.27. The first kappa shape index (κ1) is 16.1. The maximum absolute atomic E-state index is 14.0. The van der Waals surface area contributed by atoms with Gasteiger partial charge >= 0.3 is 0 Å². The molecule has 0 fully saturated rings. The Morgan fingerprint density at radius 3 is 2.12 bits per heavy atom. The van der Waals surface area contributed by atoms with Gasteiger partial charge in [-0.05, 0) is 20.0 Å². The van der Waals surface area contributed by atoms with Gasteiger partial charge in [0.05, 0.1) is 0 Å². The highest BCUT2D eigenvalue weighted by atomic mass is 32.1. The minimum absolute atomic E-state index is 0.00219. The van der Waals surface area contributed by atoms with Crippen LogP contribution in [0.3, 0.4) is 0 Å². The molecule has 0 bridgehead atoms. The maximum Gasteiger partial charge on any atom is 0.183 e. The first-order chi connectivity index (χ1) is 7.39. The molecule has 0 aromatic rings. The molecular formula is C10H23F2N3S. The monoisotopic (exact) mass is 255 g/mol. The number of rotatable bonds is 9. The van der Waals surface area contributed by atoms with Crippen LogP contribution >= 0.6 is 12.6 Å². The SMILES string of the molecule is CCNCC(F)(CS)NC[C@](C)(F)NCC. The second kappa shape index (κ2) is 7.42. The third kappa shape index (κ3) is 6.62. The molecule has 0 aromatic heterocycles.